The predicted molar refractivity (Wildman–Crippen MR) is 99.9 cm³/mol. The van der Waals surface area contributed by atoms with Gasteiger partial charge in [0.05, 0.1) is 6.61 Å². The Bertz CT molecular complexity index is 856. The molecule has 9 heteroatoms. The summed E-state index contributed by atoms with van der Waals surface area (Å²) in [6.45, 7) is 1.88. The van der Waals surface area contributed by atoms with E-state index >= 15 is 0 Å². The number of benzene rings is 1. The van der Waals surface area contributed by atoms with Gasteiger partial charge in [0, 0.05) is 18.4 Å². The first-order valence-corrected chi connectivity index (χ1v) is 9.06. The van der Waals surface area contributed by atoms with E-state index in [1.54, 1.807) is 30.3 Å². The minimum atomic E-state index is -1.08. The van der Waals surface area contributed by atoms with Crippen molar-refractivity contribution in [2.45, 2.75) is 37.9 Å². The number of hydrogen-bond donors (Lipinski definition) is 3. The van der Waals surface area contributed by atoms with E-state index in [9.17, 15) is 19.8 Å². The third-order valence-corrected chi connectivity index (χ3v) is 4.39. The van der Waals surface area contributed by atoms with E-state index < -0.39 is 36.8 Å². The highest BCUT2D eigenvalue weighted by Crippen LogP contribution is 2.30. The highest BCUT2D eigenvalue weighted by molar-refractivity contribution is 6.03. The van der Waals surface area contributed by atoms with Gasteiger partial charge >= 0.3 is 5.69 Å². The van der Waals surface area contributed by atoms with Crippen LogP contribution in [-0.4, -0.2) is 57.2 Å². The average molecular weight is 389 g/mol. The van der Waals surface area contributed by atoms with Crippen LogP contribution in [0.25, 0.3) is 0 Å². The molecule has 4 atom stereocenters. The zero-order valence-electron chi connectivity index (χ0n) is 15.4. The minimum absolute atomic E-state index is 0.0957. The van der Waals surface area contributed by atoms with Gasteiger partial charge in [0.25, 0.3) is 5.91 Å². The number of ether oxygens (including phenoxy) is 2. The van der Waals surface area contributed by atoms with Gasteiger partial charge in [0.15, 0.2) is 6.23 Å². The largest absolute Gasteiger partial charge is 0.394 e. The molecule has 2 heterocycles. The van der Waals surface area contributed by atoms with Crippen molar-refractivity contribution in [3.63, 3.8) is 0 Å². The molecular weight excluding hydrogens is 366 g/mol. The van der Waals surface area contributed by atoms with Crippen LogP contribution in [0, 0.1) is 0 Å². The van der Waals surface area contributed by atoms with Gasteiger partial charge in [-0.3, -0.25) is 9.36 Å². The Kier molecular flexibility index (Phi) is 6.53. The highest BCUT2D eigenvalue weighted by atomic mass is 16.6. The van der Waals surface area contributed by atoms with E-state index in [-0.39, 0.29) is 11.7 Å². The quantitative estimate of drug-likeness (QED) is 0.632. The highest BCUT2D eigenvalue weighted by Gasteiger charge is 2.45. The Morgan fingerprint density at radius 2 is 2.07 bits per heavy atom. The third-order valence-electron chi connectivity index (χ3n) is 4.39. The summed E-state index contributed by atoms with van der Waals surface area (Å²) in [6.07, 6.45) is -1.56. The van der Waals surface area contributed by atoms with Crippen LogP contribution >= 0.6 is 0 Å². The molecule has 0 saturated carbocycles. The zero-order valence-corrected chi connectivity index (χ0v) is 15.4. The first-order valence-electron chi connectivity index (χ1n) is 9.06. The number of carbonyl (C=O) groups is 1. The molecule has 0 bridgehead atoms. The lowest BCUT2D eigenvalue weighted by Gasteiger charge is -2.22. The Morgan fingerprint density at radius 1 is 1.32 bits per heavy atom. The maximum Gasteiger partial charge on any atom is 0.351 e. The summed E-state index contributed by atoms with van der Waals surface area (Å²) in [6, 6.07) is 10.0. The van der Waals surface area contributed by atoms with Crippen molar-refractivity contribution >= 4 is 11.7 Å². The predicted octanol–water partition coefficient (Wildman–Crippen LogP) is 0.541. The summed E-state index contributed by atoms with van der Waals surface area (Å²) in [7, 11) is 0. The van der Waals surface area contributed by atoms with Crippen LogP contribution in [0.4, 0.5) is 5.82 Å². The summed E-state index contributed by atoms with van der Waals surface area (Å²) in [5.74, 6) is -0.291. The molecule has 1 aliphatic heterocycles. The Balaban J connectivity index is 1.79. The van der Waals surface area contributed by atoms with Crippen molar-refractivity contribution in [1.29, 1.82) is 0 Å². The number of aliphatic hydroxyl groups excluding tert-OH is 2. The number of nitrogens with zero attached hydrogens (tertiary/aromatic N) is 2. The van der Waals surface area contributed by atoms with Crippen LogP contribution in [0.2, 0.25) is 0 Å². The van der Waals surface area contributed by atoms with Crippen LogP contribution in [0.1, 0.15) is 29.9 Å². The fourth-order valence-electron chi connectivity index (χ4n) is 2.98. The first-order chi connectivity index (χ1) is 13.5. The molecule has 1 aromatic heterocycles. The number of rotatable bonds is 7. The van der Waals surface area contributed by atoms with Crippen LogP contribution in [0.15, 0.2) is 47.4 Å². The Labute approximate surface area is 161 Å². The average Bonchev–Trinajstić information content (AvgIpc) is 3.02. The summed E-state index contributed by atoms with van der Waals surface area (Å²) in [5, 5.41) is 22.2. The van der Waals surface area contributed by atoms with E-state index in [1.165, 1.54) is 16.8 Å². The van der Waals surface area contributed by atoms with Crippen LogP contribution < -0.4 is 11.0 Å². The minimum Gasteiger partial charge on any atom is -0.394 e. The van der Waals surface area contributed by atoms with Crippen molar-refractivity contribution in [1.82, 2.24) is 9.55 Å². The maximum atomic E-state index is 12.5. The van der Waals surface area contributed by atoms with Gasteiger partial charge in [-0.05, 0) is 24.6 Å². The molecular formula is C19H23N3O6. The first kappa shape index (κ1) is 20.2. The number of aromatic nitrogens is 2. The summed E-state index contributed by atoms with van der Waals surface area (Å²) in [4.78, 5) is 28.6. The molecule has 1 amide bonds. The molecule has 3 N–H and O–H groups in total. The van der Waals surface area contributed by atoms with Gasteiger partial charge in [-0.15, -0.1) is 0 Å². The standard InChI is InChI=1S/C19H23N3O6/c1-2-10-27-16-15(24)13(11-23)28-18(16)22-9-8-14(21-19(22)26)20-17(25)12-6-4-3-5-7-12/h3-9,13,15-16,18,23-24H,2,10-11H2,1H3,(H,20,21,25,26)/t13-,15-,16-,18-/m1/s1. The topological polar surface area (TPSA) is 123 Å². The molecule has 1 fully saturated rings. The van der Waals surface area contributed by atoms with Gasteiger partial charge in [-0.2, -0.15) is 4.98 Å². The van der Waals surface area contributed by atoms with E-state index in [2.05, 4.69) is 10.3 Å². The van der Waals surface area contributed by atoms with Gasteiger partial charge in [-0.25, -0.2) is 4.79 Å². The molecule has 3 rings (SSSR count). The molecule has 0 unspecified atom stereocenters. The van der Waals surface area contributed by atoms with E-state index in [0.717, 1.165) is 6.42 Å². The zero-order chi connectivity index (χ0) is 20.1. The number of anilines is 1. The fraction of sp³-hybridized carbons (Fsp3) is 0.421. The third kappa shape index (κ3) is 4.28. The number of amides is 1. The van der Waals surface area contributed by atoms with Crippen LogP contribution in [0.3, 0.4) is 0 Å². The molecule has 1 saturated heterocycles. The Morgan fingerprint density at radius 3 is 2.71 bits per heavy atom. The van der Waals surface area contributed by atoms with Crippen molar-refractivity contribution in [2.24, 2.45) is 0 Å². The van der Waals surface area contributed by atoms with Gasteiger partial charge < -0.3 is 25.0 Å². The normalized spacial score (nSPS) is 24.2. The fourth-order valence-corrected chi connectivity index (χ4v) is 2.98. The summed E-state index contributed by atoms with van der Waals surface area (Å²) in [5.41, 5.74) is -0.235. The second-order valence-electron chi connectivity index (χ2n) is 6.40. The van der Waals surface area contributed by atoms with E-state index in [4.69, 9.17) is 9.47 Å². The number of carbonyl (C=O) groups excluding carboxylic acids is 1. The molecule has 1 aliphatic rings. The lowest BCUT2D eigenvalue weighted by atomic mass is 10.1. The second-order valence-corrected chi connectivity index (χ2v) is 6.40. The molecule has 0 radical (unpaired) electrons. The van der Waals surface area contributed by atoms with Gasteiger partial charge in [0.1, 0.15) is 24.1 Å². The summed E-state index contributed by atoms with van der Waals surface area (Å²) >= 11 is 0. The SMILES string of the molecule is CCCO[C@@H]1[C@H](O)[C@@H](CO)O[C@H]1n1ccc(NC(=O)c2ccccc2)nc1=O. The molecule has 2 aromatic rings. The molecule has 28 heavy (non-hydrogen) atoms. The Hall–Kier alpha value is -2.59. The molecule has 1 aromatic carbocycles. The van der Waals surface area contributed by atoms with Crippen molar-refractivity contribution < 1.29 is 24.5 Å². The van der Waals surface area contributed by atoms with Crippen LogP contribution in [-0.2, 0) is 9.47 Å². The van der Waals surface area contributed by atoms with Gasteiger partial charge in [-0.1, -0.05) is 25.1 Å². The molecule has 9 nitrogen and oxygen atoms in total. The summed E-state index contributed by atoms with van der Waals surface area (Å²) < 4.78 is 12.4. The number of nitrogens with one attached hydrogen (secondary N) is 1. The van der Waals surface area contributed by atoms with E-state index in [1.807, 2.05) is 6.92 Å². The van der Waals surface area contributed by atoms with Crippen molar-refractivity contribution in [3.05, 3.63) is 58.6 Å². The van der Waals surface area contributed by atoms with Gasteiger partial charge in [0.2, 0.25) is 0 Å². The lowest BCUT2D eigenvalue weighted by molar-refractivity contribution is -0.0741. The van der Waals surface area contributed by atoms with Crippen LogP contribution in [0.5, 0.6) is 0 Å². The molecule has 0 spiro atoms. The monoisotopic (exact) mass is 389 g/mol. The number of aliphatic hydroxyl groups is 2. The molecule has 150 valence electrons. The smallest absolute Gasteiger partial charge is 0.351 e. The van der Waals surface area contributed by atoms with Crippen molar-refractivity contribution in [3.8, 4) is 0 Å². The molecule has 0 aliphatic carbocycles. The maximum absolute atomic E-state index is 12.5. The lowest BCUT2D eigenvalue weighted by Crippen LogP contribution is -2.38. The second kappa shape index (κ2) is 9.07. The number of hydrogen-bond acceptors (Lipinski definition) is 7. The van der Waals surface area contributed by atoms with Crippen molar-refractivity contribution in [2.75, 3.05) is 18.5 Å². The van der Waals surface area contributed by atoms with E-state index in [0.29, 0.717) is 12.2 Å².